The molecule has 2 unspecified atom stereocenters. The molecule has 1 aromatic carbocycles. The summed E-state index contributed by atoms with van der Waals surface area (Å²) < 4.78 is 1.36. The Morgan fingerprint density at radius 3 is 2.82 bits per heavy atom. The third-order valence-corrected chi connectivity index (χ3v) is 4.77. The van der Waals surface area contributed by atoms with Crippen molar-refractivity contribution in [1.29, 1.82) is 0 Å². The number of alkyl halides is 1. The number of benzene rings is 1. The van der Waals surface area contributed by atoms with Crippen LogP contribution in [0.15, 0.2) is 29.6 Å². The van der Waals surface area contributed by atoms with E-state index in [4.69, 9.17) is 11.6 Å². The van der Waals surface area contributed by atoms with E-state index < -0.39 is 0 Å². The lowest BCUT2D eigenvalue weighted by Gasteiger charge is -2.18. The molecule has 3 heteroatoms. The monoisotopic (exact) mass is 267 g/mol. The largest absolute Gasteiger partial charge is 0.310 e. The predicted octanol–water partition coefficient (Wildman–Crippen LogP) is 4.25. The van der Waals surface area contributed by atoms with E-state index in [-0.39, 0.29) is 0 Å². The van der Waals surface area contributed by atoms with Gasteiger partial charge in [-0.25, -0.2) is 0 Å². The van der Waals surface area contributed by atoms with Gasteiger partial charge in [0.2, 0.25) is 0 Å². The molecule has 0 aliphatic heterocycles. The lowest BCUT2D eigenvalue weighted by atomic mass is 10.1. The van der Waals surface area contributed by atoms with Gasteiger partial charge < -0.3 is 5.32 Å². The summed E-state index contributed by atoms with van der Waals surface area (Å²) >= 11 is 7.68. The minimum atomic E-state index is 0.450. The van der Waals surface area contributed by atoms with Crippen molar-refractivity contribution in [2.45, 2.75) is 26.4 Å². The maximum atomic E-state index is 5.86. The molecule has 2 atom stereocenters. The molecule has 2 aromatic rings. The van der Waals surface area contributed by atoms with Crippen LogP contribution in [0.2, 0.25) is 0 Å². The van der Waals surface area contributed by atoms with Crippen molar-refractivity contribution in [3.8, 4) is 0 Å². The second-order valence-corrected chi connectivity index (χ2v) is 5.78. The van der Waals surface area contributed by atoms with Crippen molar-refractivity contribution in [3.63, 3.8) is 0 Å². The molecule has 0 radical (unpaired) electrons. The van der Waals surface area contributed by atoms with Crippen molar-refractivity contribution in [2.24, 2.45) is 5.92 Å². The Bertz CT molecular complexity index is 480. The quantitative estimate of drug-likeness (QED) is 0.799. The van der Waals surface area contributed by atoms with E-state index in [9.17, 15) is 0 Å². The van der Waals surface area contributed by atoms with Crippen molar-refractivity contribution < 1.29 is 0 Å². The highest BCUT2D eigenvalue weighted by atomic mass is 35.5. The molecule has 1 heterocycles. The van der Waals surface area contributed by atoms with Gasteiger partial charge in [-0.15, -0.1) is 22.9 Å². The van der Waals surface area contributed by atoms with E-state index in [1.54, 1.807) is 0 Å². The Balaban J connectivity index is 2.04. The fourth-order valence-electron chi connectivity index (χ4n) is 1.78. The molecular formula is C14H18ClNS. The SMILES string of the molecule is CC(CCl)C(C)NCc1csc2ccccc12. The lowest BCUT2D eigenvalue weighted by molar-refractivity contribution is 0.431. The molecule has 0 aliphatic rings. The van der Waals surface area contributed by atoms with Crippen LogP contribution in [0.5, 0.6) is 0 Å². The molecule has 1 N–H and O–H groups in total. The molecule has 17 heavy (non-hydrogen) atoms. The van der Waals surface area contributed by atoms with E-state index in [0.717, 1.165) is 6.54 Å². The first-order valence-corrected chi connectivity index (χ1v) is 7.38. The minimum absolute atomic E-state index is 0.450. The Kier molecular flexibility index (Phi) is 4.43. The molecular weight excluding hydrogens is 250 g/mol. The van der Waals surface area contributed by atoms with Crippen LogP contribution >= 0.6 is 22.9 Å². The third kappa shape index (κ3) is 3.01. The lowest BCUT2D eigenvalue weighted by Crippen LogP contribution is -2.32. The fourth-order valence-corrected chi connectivity index (χ4v) is 3.01. The molecule has 0 fully saturated rings. The summed E-state index contributed by atoms with van der Waals surface area (Å²) in [5.41, 5.74) is 1.39. The summed E-state index contributed by atoms with van der Waals surface area (Å²) in [4.78, 5) is 0. The molecule has 0 aliphatic carbocycles. The molecule has 0 saturated heterocycles. The average Bonchev–Trinajstić information content (AvgIpc) is 2.78. The van der Waals surface area contributed by atoms with Crippen molar-refractivity contribution >= 4 is 33.0 Å². The van der Waals surface area contributed by atoms with Crippen LogP contribution in [0, 0.1) is 5.92 Å². The van der Waals surface area contributed by atoms with E-state index in [2.05, 4.69) is 48.8 Å². The smallest absolute Gasteiger partial charge is 0.0346 e. The maximum Gasteiger partial charge on any atom is 0.0346 e. The Morgan fingerprint density at radius 2 is 2.06 bits per heavy atom. The maximum absolute atomic E-state index is 5.86. The summed E-state index contributed by atoms with van der Waals surface area (Å²) in [6.45, 7) is 5.30. The number of hydrogen-bond donors (Lipinski definition) is 1. The summed E-state index contributed by atoms with van der Waals surface area (Å²) in [5, 5.41) is 7.17. The normalized spacial score (nSPS) is 15.0. The molecule has 0 bridgehead atoms. The van der Waals surface area contributed by atoms with Gasteiger partial charge in [0, 0.05) is 23.2 Å². The van der Waals surface area contributed by atoms with Crippen LogP contribution in [0.1, 0.15) is 19.4 Å². The second-order valence-electron chi connectivity index (χ2n) is 4.56. The third-order valence-electron chi connectivity index (χ3n) is 3.27. The Morgan fingerprint density at radius 1 is 1.29 bits per heavy atom. The molecule has 1 nitrogen and oxygen atoms in total. The minimum Gasteiger partial charge on any atom is -0.310 e. The second kappa shape index (κ2) is 5.85. The molecule has 0 spiro atoms. The number of halogens is 1. The average molecular weight is 268 g/mol. The molecule has 92 valence electrons. The van der Waals surface area contributed by atoms with Gasteiger partial charge in [-0.05, 0) is 35.2 Å². The van der Waals surface area contributed by atoms with Crippen LogP contribution in [-0.4, -0.2) is 11.9 Å². The molecule has 1 aromatic heterocycles. The highest BCUT2D eigenvalue weighted by Gasteiger charge is 2.11. The van der Waals surface area contributed by atoms with Gasteiger partial charge in [-0.2, -0.15) is 0 Å². The summed E-state index contributed by atoms with van der Waals surface area (Å²) in [6, 6.07) is 9.01. The van der Waals surface area contributed by atoms with Crippen molar-refractivity contribution in [2.75, 3.05) is 5.88 Å². The number of rotatable bonds is 5. The van der Waals surface area contributed by atoms with E-state index in [1.165, 1.54) is 15.6 Å². The fraction of sp³-hybridized carbons (Fsp3) is 0.429. The topological polar surface area (TPSA) is 12.0 Å². The zero-order valence-electron chi connectivity index (χ0n) is 10.2. The van der Waals surface area contributed by atoms with Crippen LogP contribution < -0.4 is 5.32 Å². The standard InChI is InChI=1S/C14H18ClNS/c1-10(7-15)11(2)16-8-12-9-17-14-6-4-3-5-13(12)14/h3-6,9-11,16H,7-8H2,1-2H3. The highest BCUT2D eigenvalue weighted by molar-refractivity contribution is 7.17. The zero-order valence-corrected chi connectivity index (χ0v) is 11.8. The Labute approximate surface area is 112 Å². The Hall–Kier alpha value is -0.570. The number of hydrogen-bond acceptors (Lipinski definition) is 2. The summed E-state index contributed by atoms with van der Waals surface area (Å²) in [7, 11) is 0. The predicted molar refractivity (Wildman–Crippen MR) is 78.0 cm³/mol. The first kappa shape index (κ1) is 12.9. The van der Waals surface area contributed by atoms with Crippen molar-refractivity contribution in [1.82, 2.24) is 5.32 Å². The van der Waals surface area contributed by atoms with Crippen LogP contribution in [0.3, 0.4) is 0 Å². The highest BCUT2D eigenvalue weighted by Crippen LogP contribution is 2.25. The first-order valence-electron chi connectivity index (χ1n) is 5.97. The molecule has 0 saturated carbocycles. The van der Waals surface area contributed by atoms with Gasteiger partial charge in [-0.3, -0.25) is 0 Å². The molecule has 0 amide bonds. The van der Waals surface area contributed by atoms with Gasteiger partial charge >= 0.3 is 0 Å². The number of fused-ring (bicyclic) bond motifs is 1. The van der Waals surface area contributed by atoms with Gasteiger partial charge in [-0.1, -0.05) is 25.1 Å². The van der Waals surface area contributed by atoms with E-state index in [0.29, 0.717) is 17.8 Å². The van der Waals surface area contributed by atoms with Crippen LogP contribution in [0.25, 0.3) is 10.1 Å². The van der Waals surface area contributed by atoms with E-state index in [1.807, 2.05) is 11.3 Å². The number of thiophene rings is 1. The van der Waals surface area contributed by atoms with Gasteiger partial charge in [0.25, 0.3) is 0 Å². The van der Waals surface area contributed by atoms with E-state index >= 15 is 0 Å². The van der Waals surface area contributed by atoms with Gasteiger partial charge in [0.15, 0.2) is 0 Å². The van der Waals surface area contributed by atoms with Crippen molar-refractivity contribution in [3.05, 3.63) is 35.2 Å². The van der Waals surface area contributed by atoms with Gasteiger partial charge in [0.1, 0.15) is 0 Å². The number of nitrogens with one attached hydrogen (secondary N) is 1. The molecule has 2 rings (SSSR count). The van der Waals surface area contributed by atoms with Gasteiger partial charge in [0.05, 0.1) is 0 Å². The summed E-state index contributed by atoms with van der Waals surface area (Å²) in [6.07, 6.45) is 0. The first-order chi connectivity index (χ1) is 8.22. The zero-order chi connectivity index (χ0) is 12.3. The summed E-state index contributed by atoms with van der Waals surface area (Å²) in [5.74, 6) is 1.21. The van der Waals surface area contributed by atoms with Crippen LogP contribution in [0.4, 0.5) is 0 Å². The van der Waals surface area contributed by atoms with Crippen LogP contribution in [-0.2, 0) is 6.54 Å².